The molecule has 1 saturated heterocycles. The molecule has 0 aromatic heterocycles. The first-order valence-corrected chi connectivity index (χ1v) is 14.7. The highest BCUT2D eigenvalue weighted by atomic mass is 32.2. The van der Waals surface area contributed by atoms with Crippen molar-refractivity contribution in [1.29, 1.82) is 0 Å². The number of ether oxygens (including phenoxy) is 4. The second-order valence-electron chi connectivity index (χ2n) is 12.1. The van der Waals surface area contributed by atoms with Crippen LogP contribution in [0.15, 0.2) is 76.5 Å². The largest absolute Gasteiger partial charge is 0.489 e. The third-order valence-corrected chi connectivity index (χ3v) is 8.28. The maximum atomic E-state index is 12.7. The molecule has 1 amide bonds. The molecule has 40 heavy (non-hydrogen) atoms. The van der Waals surface area contributed by atoms with Crippen molar-refractivity contribution in [2.45, 2.75) is 87.2 Å². The van der Waals surface area contributed by atoms with E-state index in [0.717, 1.165) is 24.2 Å². The van der Waals surface area contributed by atoms with Crippen molar-refractivity contribution in [1.82, 2.24) is 5.32 Å². The predicted molar refractivity (Wildman–Crippen MR) is 157 cm³/mol. The minimum Gasteiger partial charge on any atom is -0.489 e. The van der Waals surface area contributed by atoms with Crippen LogP contribution in [0.5, 0.6) is 5.75 Å². The molecule has 0 radical (unpaired) electrons. The van der Waals surface area contributed by atoms with E-state index in [1.807, 2.05) is 52.8 Å². The Labute approximate surface area is 241 Å². The standard InChI is InChI=1S/C33H39NO5S/c1-31(2,3)39-30(35)34-33(21-37-32(4,5)38-22-33)16-15-23-11-12-25-18-26-19-27(13-14-28(26)40-29(25)17-23)36-20-24-9-7-6-8-10-24/h6-14,17,19H,15-16,18,20-22H2,1-5H3,(H,34,35). The number of hydrogen-bond donors (Lipinski definition) is 1. The van der Waals surface area contributed by atoms with E-state index < -0.39 is 23.0 Å². The molecule has 1 fully saturated rings. The van der Waals surface area contributed by atoms with Crippen LogP contribution in [0.25, 0.3) is 0 Å². The maximum absolute atomic E-state index is 12.7. The molecule has 5 rings (SSSR count). The van der Waals surface area contributed by atoms with Gasteiger partial charge in [-0.05, 0) is 100 Å². The Morgan fingerprint density at radius 1 is 0.925 bits per heavy atom. The van der Waals surface area contributed by atoms with Crippen molar-refractivity contribution in [3.8, 4) is 5.75 Å². The average Bonchev–Trinajstić information content (AvgIpc) is 2.90. The van der Waals surface area contributed by atoms with Gasteiger partial charge < -0.3 is 24.3 Å². The maximum Gasteiger partial charge on any atom is 0.408 e. The number of nitrogens with one attached hydrogen (secondary N) is 1. The van der Waals surface area contributed by atoms with Crippen LogP contribution < -0.4 is 10.1 Å². The van der Waals surface area contributed by atoms with Gasteiger partial charge in [-0.15, -0.1) is 0 Å². The first-order chi connectivity index (χ1) is 19.0. The summed E-state index contributed by atoms with van der Waals surface area (Å²) >= 11 is 1.80. The lowest BCUT2D eigenvalue weighted by atomic mass is 9.91. The van der Waals surface area contributed by atoms with Gasteiger partial charge in [-0.2, -0.15) is 0 Å². The Kier molecular flexibility index (Phi) is 8.18. The number of rotatable bonds is 7. The van der Waals surface area contributed by atoms with Crippen molar-refractivity contribution in [3.63, 3.8) is 0 Å². The molecule has 0 spiro atoms. The van der Waals surface area contributed by atoms with Gasteiger partial charge in [0.05, 0.1) is 18.8 Å². The lowest BCUT2D eigenvalue weighted by molar-refractivity contribution is -0.271. The van der Waals surface area contributed by atoms with Crippen molar-refractivity contribution in [3.05, 3.63) is 89.0 Å². The first-order valence-electron chi connectivity index (χ1n) is 13.9. The van der Waals surface area contributed by atoms with E-state index >= 15 is 0 Å². The van der Waals surface area contributed by atoms with Crippen LogP contribution in [0.4, 0.5) is 4.79 Å². The van der Waals surface area contributed by atoms with Gasteiger partial charge in [0.25, 0.3) is 0 Å². The monoisotopic (exact) mass is 561 g/mol. The van der Waals surface area contributed by atoms with E-state index in [0.29, 0.717) is 26.2 Å². The average molecular weight is 562 g/mol. The number of hydrogen-bond acceptors (Lipinski definition) is 6. The van der Waals surface area contributed by atoms with E-state index in [1.165, 1.54) is 26.5 Å². The number of benzene rings is 3. The van der Waals surface area contributed by atoms with Crippen LogP contribution in [-0.2, 0) is 33.7 Å². The molecule has 2 aliphatic rings. The summed E-state index contributed by atoms with van der Waals surface area (Å²) in [4.78, 5) is 15.2. The van der Waals surface area contributed by atoms with E-state index in [-0.39, 0.29) is 0 Å². The third-order valence-electron chi connectivity index (χ3n) is 7.06. The fraction of sp³-hybridized carbons (Fsp3) is 0.424. The molecular weight excluding hydrogens is 522 g/mol. The minimum absolute atomic E-state index is 0.362. The third kappa shape index (κ3) is 7.39. The quantitative estimate of drug-likeness (QED) is 0.255. The minimum atomic E-state index is -0.679. The topological polar surface area (TPSA) is 66.0 Å². The SMILES string of the molecule is CC(C)(C)OC(=O)NC1(CCc2ccc3c(c2)Sc2ccc(OCc4ccccc4)cc2C3)COC(C)(C)OC1. The van der Waals surface area contributed by atoms with Gasteiger partial charge in [0.15, 0.2) is 5.79 Å². The molecule has 0 saturated carbocycles. The molecule has 3 aromatic rings. The summed E-state index contributed by atoms with van der Waals surface area (Å²) in [5.74, 6) is 0.215. The molecule has 7 heteroatoms. The summed E-state index contributed by atoms with van der Waals surface area (Å²) in [6.45, 7) is 10.6. The molecule has 0 atom stereocenters. The second kappa shape index (κ2) is 11.5. The highest BCUT2D eigenvalue weighted by molar-refractivity contribution is 7.99. The van der Waals surface area contributed by atoms with Crippen molar-refractivity contribution in [2.75, 3.05) is 13.2 Å². The van der Waals surface area contributed by atoms with Crippen molar-refractivity contribution < 1.29 is 23.7 Å². The van der Waals surface area contributed by atoms with E-state index in [9.17, 15) is 4.79 Å². The Bertz CT molecular complexity index is 1340. The molecular formula is C33H39NO5S. The zero-order valence-electron chi connectivity index (χ0n) is 24.0. The highest BCUT2D eigenvalue weighted by Crippen LogP contribution is 2.41. The molecule has 0 bridgehead atoms. The normalized spacial score (nSPS) is 17.3. The molecule has 2 aliphatic heterocycles. The van der Waals surface area contributed by atoms with E-state index in [4.69, 9.17) is 18.9 Å². The van der Waals surface area contributed by atoms with Crippen LogP contribution >= 0.6 is 11.8 Å². The predicted octanol–water partition coefficient (Wildman–Crippen LogP) is 7.30. The van der Waals surface area contributed by atoms with Gasteiger partial charge in [-0.1, -0.05) is 54.2 Å². The summed E-state index contributed by atoms with van der Waals surface area (Å²) in [6, 6.07) is 23.3. The zero-order valence-corrected chi connectivity index (χ0v) is 24.9. The summed E-state index contributed by atoms with van der Waals surface area (Å²) in [6.07, 6.45) is 1.87. The summed E-state index contributed by atoms with van der Waals surface area (Å²) < 4.78 is 23.6. The van der Waals surface area contributed by atoms with Gasteiger partial charge >= 0.3 is 6.09 Å². The number of fused-ring (bicyclic) bond motifs is 2. The van der Waals surface area contributed by atoms with Gasteiger partial charge in [-0.25, -0.2) is 4.79 Å². The molecule has 3 aromatic carbocycles. The number of aryl methyl sites for hydroxylation is 1. The van der Waals surface area contributed by atoms with Gasteiger partial charge in [0.2, 0.25) is 0 Å². The summed E-state index contributed by atoms with van der Waals surface area (Å²) in [5, 5.41) is 3.07. The Balaban J connectivity index is 1.24. The Hall–Kier alpha value is -3.00. The van der Waals surface area contributed by atoms with Gasteiger partial charge in [0, 0.05) is 9.79 Å². The van der Waals surface area contributed by atoms with Crippen LogP contribution in [0, 0.1) is 0 Å². The molecule has 1 N–H and O–H groups in total. The Morgan fingerprint density at radius 2 is 1.68 bits per heavy atom. The second-order valence-corrected chi connectivity index (χ2v) is 13.2. The van der Waals surface area contributed by atoms with Crippen molar-refractivity contribution in [2.24, 2.45) is 0 Å². The molecule has 0 unspecified atom stereocenters. The fourth-order valence-electron chi connectivity index (χ4n) is 4.83. The first kappa shape index (κ1) is 28.5. The number of carbonyl (C=O) groups is 1. The van der Waals surface area contributed by atoms with Crippen LogP contribution in [0.1, 0.15) is 63.3 Å². The number of carbonyl (C=O) groups excluding carboxylic acids is 1. The smallest absolute Gasteiger partial charge is 0.408 e. The molecule has 6 nitrogen and oxygen atoms in total. The highest BCUT2D eigenvalue weighted by Gasteiger charge is 2.42. The number of amides is 1. The van der Waals surface area contributed by atoms with Crippen LogP contribution in [0.3, 0.4) is 0 Å². The lowest BCUT2D eigenvalue weighted by Crippen LogP contribution is -2.61. The molecule has 212 valence electrons. The molecule has 2 heterocycles. The van der Waals surface area contributed by atoms with Crippen molar-refractivity contribution >= 4 is 17.9 Å². The zero-order chi connectivity index (χ0) is 28.4. The van der Waals surface area contributed by atoms with E-state index in [2.05, 4.69) is 53.8 Å². The van der Waals surface area contributed by atoms with Gasteiger partial charge in [0.1, 0.15) is 18.0 Å². The molecule has 0 aliphatic carbocycles. The number of alkyl carbamates (subject to hydrolysis) is 1. The summed E-state index contributed by atoms with van der Waals surface area (Å²) in [7, 11) is 0. The van der Waals surface area contributed by atoms with Crippen LogP contribution in [-0.4, -0.2) is 36.2 Å². The summed E-state index contributed by atoms with van der Waals surface area (Å²) in [5.41, 5.74) is 3.73. The lowest BCUT2D eigenvalue weighted by Gasteiger charge is -2.44. The fourth-order valence-corrected chi connectivity index (χ4v) is 5.95. The Morgan fingerprint density at radius 3 is 2.40 bits per heavy atom. The van der Waals surface area contributed by atoms with Gasteiger partial charge in [-0.3, -0.25) is 0 Å². The van der Waals surface area contributed by atoms with E-state index in [1.54, 1.807) is 11.8 Å². The van der Waals surface area contributed by atoms with Crippen LogP contribution in [0.2, 0.25) is 0 Å².